The van der Waals surface area contributed by atoms with Crippen molar-refractivity contribution in [2.45, 2.75) is 25.7 Å². The lowest BCUT2D eigenvalue weighted by atomic mass is 9.99. The molecule has 1 aliphatic heterocycles. The van der Waals surface area contributed by atoms with Gasteiger partial charge >= 0.3 is 0 Å². The Bertz CT molecular complexity index is 378. The van der Waals surface area contributed by atoms with Crippen LogP contribution in [-0.4, -0.2) is 33.6 Å². The van der Waals surface area contributed by atoms with E-state index in [1.165, 1.54) is 29.7 Å². The molecule has 4 nitrogen and oxygen atoms in total. The molecule has 100 valence electrons. The summed E-state index contributed by atoms with van der Waals surface area (Å²) in [5.41, 5.74) is 4.05. The van der Waals surface area contributed by atoms with E-state index in [2.05, 4.69) is 28.8 Å². The van der Waals surface area contributed by atoms with Crippen molar-refractivity contribution in [3.8, 4) is 0 Å². The maximum atomic E-state index is 5.15. The molecule has 4 heteroatoms. The van der Waals surface area contributed by atoms with Gasteiger partial charge in [0.25, 0.3) is 0 Å². The summed E-state index contributed by atoms with van der Waals surface area (Å²) in [6.45, 7) is 2.60. The van der Waals surface area contributed by atoms with Crippen molar-refractivity contribution >= 4 is 5.69 Å². The second-order valence-corrected chi connectivity index (χ2v) is 4.51. The second kappa shape index (κ2) is 6.73. The molecule has 0 aliphatic carbocycles. The van der Waals surface area contributed by atoms with Crippen LogP contribution in [0.25, 0.3) is 0 Å². The molecule has 0 atom stereocenters. The van der Waals surface area contributed by atoms with Crippen molar-refractivity contribution in [1.29, 1.82) is 0 Å². The summed E-state index contributed by atoms with van der Waals surface area (Å²) in [6.07, 6.45) is 2.21. The minimum Gasteiger partial charge on any atom is -0.385 e. The van der Waals surface area contributed by atoms with Gasteiger partial charge in [0.15, 0.2) is 6.29 Å². The Hall–Kier alpha value is -1.10. The van der Waals surface area contributed by atoms with E-state index >= 15 is 0 Å². The molecule has 1 aromatic rings. The highest BCUT2D eigenvalue weighted by Crippen LogP contribution is 2.25. The van der Waals surface area contributed by atoms with Crippen LogP contribution in [-0.2, 0) is 22.4 Å². The van der Waals surface area contributed by atoms with E-state index in [9.17, 15) is 0 Å². The number of para-hydroxylation sites is 1. The third-order valence-electron chi connectivity index (χ3n) is 3.31. The normalized spacial score (nSPS) is 14.4. The largest absolute Gasteiger partial charge is 0.385 e. The van der Waals surface area contributed by atoms with Gasteiger partial charge in [0.05, 0.1) is 0 Å². The molecular weight excluding hydrogens is 228 g/mol. The molecule has 0 radical (unpaired) electrons. The maximum Gasteiger partial charge on any atom is 0.169 e. The first-order valence-electron chi connectivity index (χ1n) is 6.46. The fourth-order valence-corrected chi connectivity index (χ4v) is 2.32. The highest BCUT2D eigenvalue weighted by Gasteiger charge is 2.12. The van der Waals surface area contributed by atoms with Crippen LogP contribution < -0.4 is 10.6 Å². The number of ether oxygens (including phenoxy) is 2. The van der Waals surface area contributed by atoms with Crippen LogP contribution in [0.2, 0.25) is 0 Å². The molecule has 1 aromatic carbocycles. The van der Waals surface area contributed by atoms with Gasteiger partial charge in [-0.1, -0.05) is 18.2 Å². The molecule has 0 spiro atoms. The minimum absolute atomic E-state index is 0.183. The lowest BCUT2D eigenvalue weighted by molar-refractivity contribution is -0.0989. The smallest absolute Gasteiger partial charge is 0.169 e. The van der Waals surface area contributed by atoms with Crippen LogP contribution in [0.3, 0.4) is 0 Å². The van der Waals surface area contributed by atoms with Crippen LogP contribution >= 0.6 is 0 Å². The van der Waals surface area contributed by atoms with Gasteiger partial charge in [-0.15, -0.1) is 0 Å². The highest BCUT2D eigenvalue weighted by molar-refractivity contribution is 5.59. The monoisotopic (exact) mass is 250 g/mol. The van der Waals surface area contributed by atoms with Gasteiger partial charge in [0.1, 0.15) is 0 Å². The number of benzene rings is 1. The van der Waals surface area contributed by atoms with Gasteiger partial charge < -0.3 is 20.1 Å². The van der Waals surface area contributed by atoms with Gasteiger partial charge in [0, 0.05) is 39.5 Å². The van der Waals surface area contributed by atoms with Gasteiger partial charge in [-0.25, -0.2) is 0 Å². The van der Waals surface area contributed by atoms with Crippen molar-refractivity contribution in [2.75, 3.05) is 32.6 Å². The van der Waals surface area contributed by atoms with Crippen LogP contribution in [0.15, 0.2) is 18.2 Å². The number of hydrogen-bond acceptors (Lipinski definition) is 4. The zero-order valence-electron chi connectivity index (χ0n) is 11.2. The Morgan fingerprint density at radius 3 is 2.94 bits per heavy atom. The second-order valence-electron chi connectivity index (χ2n) is 4.51. The number of rotatable bonds is 6. The summed E-state index contributed by atoms with van der Waals surface area (Å²) in [7, 11) is 3.31. The van der Waals surface area contributed by atoms with E-state index < -0.39 is 0 Å². The lowest BCUT2D eigenvalue weighted by Gasteiger charge is -2.22. The summed E-state index contributed by atoms with van der Waals surface area (Å²) >= 11 is 0. The Morgan fingerprint density at radius 1 is 1.33 bits per heavy atom. The van der Waals surface area contributed by atoms with Crippen LogP contribution in [0.4, 0.5) is 5.69 Å². The van der Waals surface area contributed by atoms with Gasteiger partial charge in [-0.05, 0) is 24.0 Å². The van der Waals surface area contributed by atoms with E-state index in [0.29, 0.717) is 6.54 Å². The average Bonchev–Trinajstić information content (AvgIpc) is 2.44. The molecule has 0 bridgehead atoms. The Balaban J connectivity index is 1.93. The topological polar surface area (TPSA) is 42.5 Å². The fraction of sp³-hybridized carbons (Fsp3) is 0.571. The zero-order chi connectivity index (χ0) is 12.8. The Morgan fingerprint density at radius 2 is 2.17 bits per heavy atom. The van der Waals surface area contributed by atoms with Gasteiger partial charge in [-0.3, -0.25) is 0 Å². The number of nitrogens with one attached hydrogen (secondary N) is 2. The van der Waals surface area contributed by atoms with E-state index in [0.717, 1.165) is 13.1 Å². The van der Waals surface area contributed by atoms with Crippen molar-refractivity contribution in [3.63, 3.8) is 0 Å². The average molecular weight is 250 g/mol. The predicted octanol–water partition coefficient (Wildman–Crippen LogP) is 1.75. The van der Waals surface area contributed by atoms with Crippen molar-refractivity contribution < 1.29 is 9.47 Å². The highest BCUT2D eigenvalue weighted by atomic mass is 16.7. The standard InChI is InChI=1S/C14H22N2O2/c1-17-13(18-2)10-15-9-12-6-3-5-11-7-4-8-16-14(11)12/h3,5-6,13,15-16H,4,7-10H2,1-2H3. The van der Waals surface area contributed by atoms with Gasteiger partial charge in [-0.2, -0.15) is 0 Å². The fourth-order valence-electron chi connectivity index (χ4n) is 2.32. The SMILES string of the molecule is COC(CNCc1cccc2c1NCCC2)OC. The number of methoxy groups -OCH3 is 2. The number of fused-ring (bicyclic) bond motifs is 1. The van der Waals surface area contributed by atoms with E-state index in [1.54, 1.807) is 14.2 Å². The molecule has 0 saturated heterocycles. The van der Waals surface area contributed by atoms with E-state index in [4.69, 9.17) is 9.47 Å². The van der Waals surface area contributed by atoms with Crippen molar-refractivity contribution in [2.24, 2.45) is 0 Å². The molecule has 0 unspecified atom stereocenters. The summed E-state index contributed by atoms with van der Waals surface area (Å²) in [6, 6.07) is 6.50. The molecule has 0 fully saturated rings. The zero-order valence-corrected chi connectivity index (χ0v) is 11.2. The maximum absolute atomic E-state index is 5.15. The minimum atomic E-state index is -0.183. The molecule has 0 saturated carbocycles. The summed E-state index contributed by atoms with van der Waals surface area (Å²) in [4.78, 5) is 0. The quantitative estimate of drug-likeness (QED) is 0.755. The predicted molar refractivity (Wildman–Crippen MR) is 72.8 cm³/mol. The van der Waals surface area contributed by atoms with E-state index in [1.807, 2.05) is 0 Å². The molecule has 1 heterocycles. The molecule has 2 rings (SSSR count). The first-order chi connectivity index (χ1) is 8.85. The first kappa shape index (κ1) is 13.3. The van der Waals surface area contributed by atoms with Crippen molar-refractivity contribution in [3.05, 3.63) is 29.3 Å². The molecular formula is C14H22N2O2. The van der Waals surface area contributed by atoms with E-state index in [-0.39, 0.29) is 6.29 Å². The van der Waals surface area contributed by atoms with Crippen molar-refractivity contribution in [1.82, 2.24) is 5.32 Å². The number of hydrogen-bond donors (Lipinski definition) is 2. The lowest BCUT2D eigenvalue weighted by Crippen LogP contribution is -2.29. The number of aryl methyl sites for hydroxylation is 1. The summed E-state index contributed by atoms with van der Waals surface area (Å²) < 4.78 is 10.3. The van der Waals surface area contributed by atoms with Gasteiger partial charge in [0.2, 0.25) is 0 Å². The molecule has 2 N–H and O–H groups in total. The summed E-state index contributed by atoms with van der Waals surface area (Å²) in [5, 5.41) is 6.86. The van der Waals surface area contributed by atoms with Crippen LogP contribution in [0.5, 0.6) is 0 Å². The van der Waals surface area contributed by atoms with Crippen LogP contribution in [0.1, 0.15) is 17.5 Å². The molecule has 0 aromatic heterocycles. The van der Waals surface area contributed by atoms with Crippen LogP contribution in [0, 0.1) is 0 Å². The Kier molecular flexibility index (Phi) is 4.99. The summed E-state index contributed by atoms with van der Waals surface area (Å²) in [5.74, 6) is 0. The third kappa shape index (κ3) is 3.22. The first-order valence-corrected chi connectivity index (χ1v) is 6.46. The molecule has 1 aliphatic rings. The molecule has 18 heavy (non-hydrogen) atoms. The third-order valence-corrected chi connectivity index (χ3v) is 3.31. The number of anilines is 1. The molecule has 0 amide bonds. The Labute approximate surface area is 109 Å².